The highest BCUT2D eigenvalue weighted by atomic mass is 15.3. The molecular weight excluding hydrogens is 210 g/mol. The summed E-state index contributed by atoms with van der Waals surface area (Å²) in [5.41, 5.74) is 2.74. The van der Waals surface area contributed by atoms with Crippen molar-refractivity contribution in [2.45, 2.75) is 19.4 Å². The lowest BCUT2D eigenvalue weighted by Crippen LogP contribution is -2.44. The van der Waals surface area contributed by atoms with Crippen molar-refractivity contribution < 1.29 is 0 Å². The molecule has 0 aromatic heterocycles. The standard InChI is InChI=1S/C14H23N3/c1-12(8-9-15-2)17-11-10-16(3)13-6-4-5-7-14(13)17/h4-7,12,15H,8-11H2,1-3H3. The van der Waals surface area contributed by atoms with Crippen molar-refractivity contribution in [3.63, 3.8) is 0 Å². The maximum Gasteiger partial charge on any atom is 0.0607 e. The number of benzene rings is 1. The zero-order valence-electron chi connectivity index (χ0n) is 11.1. The van der Waals surface area contributed by atoms with E-state index in [1.165, 1.54) is 17.8 Å². The molecule has 17 heavy (non-hydrogen) atoms. The predicted octanol–water partition coefficient (Wildman–Crippen LogP) is 1.94. The Morgan fingerprint density at radius 2 is 1.94 bits per heavy atom. The summed E-state index contributed by atoms with van der Waals surface area (Å²) in [6.45, 7) is 5.63. The van der Waals surface area contributed by atoms with Crippen molar-refractivity contribution in [3.05, 3.63) is 24.3 Å². The van der Waals surface area contributed by atoms with Crippen molar-refractivity contribution >= 4 is 11.4 Å². The molecule has 1 aliphatic rings. The Morgan fingerprint density at radius 3 is 2.65 bits per heavy atom. The van der Waals surface area contributed by atoms with Crippen LogP contribution in [0.5, 0.6) is 0 Å². The van der Waals surface area contributed by atoms with Crippen LogP contribution in [0.3, 0.4) is 0 Å². The molecule has 1 heterocycles. The van der Waals surface area contributed by atoms with Gasteiger partial charge in [0.15, 0.2) is 0 Å². The number of rotatable bonds is 4. The molecule has 3 heteroatoms. The van der Waals surface area contributed by atoms with Crippen molar-refractivity contribution in [1.29, 1.82) is 0 Å². The van der Waals surface area contributed by atoms with Crippen molar-refractivity contribution in [2.75, 3.05) is 43.5 Å². The van der Waals surface area contributed by atoms with E-state index in [4.69, 9.17) is 0 Å². The van der Waals surface area contributed by atoms with Gasteiger partial charge in [0.2, 0.25) is 0 Å². The number of hydrogen-bond acceptors (Lipinski definition) is 3. The molecule has 0 saturated carbocycles. The summed E-state index contributed by atoms with van der Waals surface area (Å²) in [7, 11) is 4.19. The fourth-order valence-corrected chi connectivity index (χ4v) is 2.50. The second-order valence-corrected chi connectivity index (χ2v) is 4.84. The molecule has 1 aromatic rings. The van der Waals surface area contributed by atoms with Crippen LogP contribution in [-0.4, -0.2) is 39.8 Å². The molecule has 3 nitrogen and oxygen atoms in total. The number of nitrogens with one attached hydrogen (secondary N) is 1. The Morgan fingerprint density at radius 1 is 1.24 bits per heavy atom. The van der Waals surface area contributed by atoms with Gasteiger partial charge in [-0.1, -0.05) is 12.1 Å². The van der Waals surface area contributed by atoms with E-state index < -0.39 is 0 Å². The molecule has 1 unspecified atom stereocenters. The molecule has 0 bridgehead atoms. The van der Waals surface area contributed by atoms with Crippen LogP contribution in [0.2, 0.25) is 0 Å². The highest BCUT2D eigenvalue weighted by molar-refractivity contribution is 5.73. The lowest BCUT2D eigenvalue weighted by atomic mass is 10.1. The molecule has 0 radical (unpaired) electrons. The average Bonchev–Trinajstić information content (AvgIpc) is 2.37. The predicted molar refractivity (Wildman–Crippen MR) is 75.1 cm³/mol. The monoisotopic (exact) mass is 233 g/mol. The van der Waals surface area contributed by atoms with E-state index in [1.54, 1.807) is 0 Å². The van der Waals surface area contributed by atoms with E-state index in [0.29, 0.717) is 6.04 Å². The van der Waals surface area contributed by atoms with E-state index in [0.717, 1.165) is 19.6 Å². The third-order valence-electron chi connectivity index (χ3n) is 3.62. The Bertz CT molecular complexity index is 364. The van der Waals surface area contributed by atoms with Gasteiger partial charge in [0, 0.05) is 26.2 Å². The Labute approximate surface area is 104 Å². The van der Waals surface area contributed by atoms with Crippen LogP contribution < -0.4 is 15.1 Å². The second kappa shape index (κ2) is 5.41. The summed E-state index contributed by atoms with van der Waals surface area (Å²) < 4.78 is 0. The molecule has 1 N–H and O–H groups in total. The van der Waals surface area contributed by atoms with Gasteiger partial charge in [-0.3, -0.25) is 0 Å². The third-order valence-corrected chi connectivity index (χ3v) is 3.62. The van der Waals surface area contributed by atoms with Gasteiger partial charge in [-0.25, -0.2) is 0 Å². The Kier molecular flexibility index (Phi) is 3.89. The molecule has 94 valence electrons. The second-order valence-electron chi connectivity index (χ2n) is 4.84. The van der Waals surface area contributed by atoms with Crippen LogP contribution in [0.4, 0.5) is 11.4 Å². The van der Waals surface area contributed by atoms with E-state index in [1.807, 2.05) is 7.05 Å². The van der Waals surface area contributed by atoms with Crippen LogP contribution in [0.1, 0.15) is 13.3 Å². The minimum Gasteiger partial charge on any atom is -0.371 e. The zero-order valence-corrected chi connectivity index (χ0v) is 11.1. The Hall–Kier alpha value is -1.22. The first kappa shape index (κ1) is 12.2. The topological polar surface area (TPSA) is 18.5 Å². The first-order valence-corrected chi connectivity index (χ1v) is 6.45. The van der Waals surface area contributed by atoms with Crippen molar-refractivity contribution in [1.82, 2.24) is 5.32 Å². The number of likely N-dealkylation sites (N-methyl/N-ethyl adjacent to an activating group) is 1. The minimum absolute atomic E-state index is 0.595. The van der Waals surface area contributed by atoms with Gasteiger partial charge < -0.3 is 15.1 Å². The van der Waals surface area contributed by atoms with Gasteiger partial charge in [-0.2, -0.15) is 0 Å². The zero-order chi connectivity index (χ0) is 12.3. The normalized spacial score (nSPS) is 16.9. The summed E-state index contributed by atoms with van der Waals surface area (Å²) in [5.74, 6) is 0. The quantitative estimate of drug-likeness (QED) is 0.857. The molecule has 0 fully saturated rings. The molecule has 0 amide bonds. The molecule has 1 aliphatic heterocycles. The summed E-state index contributed by atoms with van der Waals surface area (Å²) in [4.78, 5) is 4.88. The smallest absolute Gasteiger partial charge is 0.0607 e. The lowest BCUT2D eigenvalue weighted by Gasteiger charge is -2.40. The molecular formula is C14H23N3. The molecule has 1 aromatic carbocycles. The minimum atomic E-state index is 0.595. The molecule has 2 rings (SSSR count). The van der Waals surface area contributed by atoms with Crippen LogP contribution >= 0.6 is 0 Å². The van der Waals surface area contributed by atoms with Crippen molar-refractivity contribution in [3.8, 4) is 0 Å². The first-order chi connectivity index (χ1) is 8.24. The largest absolute Gasteiger partial charge is 0.371 e. The lowest BCUT2D eigenvalue weighted by molar-refractivity contribution is 0.560. The molecule has 0 saturated heterocycles. The van der Waals surface area contributed by atoms with E-state index in [9.17, 15) is 0 Å². The number of para-hydroxylation sites is 2. The fourth-order valence-electron chi connectivity index (χ4n) is 2.50. The van der Waals surface area contributed by atoms with E-state index >= 15 is 0 Å². The Balaban J connectivity index is 2.18. The summed E-state index contributed by atoms with van der Waals surface area (Å²) >= 11 is 0. The number of nitrogens with zero attached hydrogens (tertiary/aromatic N) is 2. The first-order valence-electron chi connectivity index (χ1n) is 6.45. The summed E-state index contributed by atoms with van der Waals surface area (Å²) in [6.07, 6.45) is 1.19. The van der Waals surface area contributed by atoms with Crippen molar-refractivity contribution in [2.24, 2.45) is 0 Å². The third kappa shape index (κ3) is 2.55. The van der Waals surface area contributed by atoms with Crippen LogP contribution in [0.15, 0.2) is 24.3 Å². The van der Waals surface area contributed by atoms with Gasteiger partial charge in [0.1, 0.15) is 0 Å². The van der Waals surface area contributed by atoms with Gasteiger partial charge in [-0.05, 0) is 39.1 Å². The highest BCUT2D eigenvalue weighted by Gasteiger charge is 2.22. The van der Waals surface area contributed by atoms with Crippen LogP contribution in [0, 0.1) is 0 Å². The SMILES string of the molecule is CNCCC(C)N1CCN(C)c2ccccc21. The maximum atomic E-state index is 3.23. The van der Waals surface area contributed by atoms with Gasteiger partial charge >= 0.3 is 0 Å². The van der Waals surface area contributed by atoms with Gasteiger partial charge in [0.05, 0.1) is 11.4 Å². The van der Waals surface area contributed by atoms with E-state index in [-0.39, 0.29) is 0 Å². The molecule has 0 spiro atoms. The number of fused-ring (bicyclic) bond motifs is 1. The summed E-state index contributed by atoms with van der Waals surface area (Å²) in [5, 5.41) is 3.23. The summed E-state index contributed by atoms with van der Waals surface area (Å²) in [6, 6.07) is 9.30. The average molecular weight is 233 g/mol. The number of hydrogen-bond donors (Lipinski definition) is 1. The molecule has 1 atom stereocenters. The van der Waals surface area contributed by atoms with Crippen LogP contribution in [-0.2, 0) is 0 Å². The van der Waals surface area contributed by atoms with Gasteiger partial charge in [-0.15, -0.1) is 0 Å². The molecule has 0 aliphatic carbocycles. The highest BCUT2D eigenvalue weighted by Crippen LogP contribution is 2.33. The number of anilines is 2. The van der Waals surface area contributed by atoms with Crippen LogP contribution in [0.25, 0.3) is 0 Å². The maximum absolute atomic E-state index is 3.23. The fraction of sp³-hybridized carbons (Fsp3) is 0.571. The van der Waals surface area contributed by atoms with Gasteiger partial charge in [0.25, 0.3) is 0 Å². The van der Waals surface area contributed by atoms with E-state index in [2.05, 4.69) is 53.4 Å².